The summed E-state index contributed by atoms with van der Waals surface area (Å²) in [6.07, 6.45) is 6.24. The van der Waals surface area contributed by atoms with Gasteiger partial charge in [0.2, 0.25) is 0 Å². The lowest BCUT2D eigenvalue weighted by Gasteiger charge is -2.07. The Bertz CT molecular complexity index is 895. The van der Waals surface area contributed by atoms with Gasteiger partial charge in [-0.2, -0.15) is 0 Å². The van der Waals surface area contributed by atoms with Gasteiger partial charge in [0.05, 0.1) is 0 Å². The largest absolute Gasteiger partial charge is 0.370 e. The molecule has 0 bridgehead atoms. The number of aromatic nitrogens is 3. The normalized spacial score (nSPS) is 14.1. The summed E-state index contributed by atoms with van der Waals surface area (Å²) < 4.78 is 1.97. The van der Waals surface area contributed by atoms with Crippen LogP contribution >= 0.6 is 0 Å². The third kappa shape index (κ3) is 2.95. The van der Waals surface area contributed by atoms with Crippen molar-refractivity contribution in [3.63, 3.8) is 0 Å². The van der Waals surface area contributed by atoms with Crippen LogP contribution in [0.2, 0.25) is 0 Å². The van der Waals surface area contributed by atoms with Gasteiger partial charge in [-0.05, 0) is 54.7 Å². The Morgan fingerprint density at radius 3 is 3.04 bits per heavy atom. The van der Waals surface area contributed by atoms with Gasteiger partial charge < -0.3 is 11.1 Å². The molecule has 0 unspecified atom stereocenters. The fourth-order valence-corrected chi connectivity index (χ4v) is 3.17. The van der Waals surface area contributed by atoms with E-state index in [1.165, 1.54) is 24.0 Å². The molecule has 2 aromatic heterocycles. The van der Waals surface area contributed by atoms with Gasteiger partial charge in [0.15, 0.2) is 11.6 Å². The Kier molecular flexibility index (Phi) is 3.86. The van der Waals surface area contributed by atoms with Crippen LogP contribution in [0, 0.1) is 0 Å². The fourth-order valence-electron chi connectivity index (χ4n) is 3.17. The number of guanidine groups is 1. The van der Waals surface area contributed by atoms with Crippen molar-refractivity contribution in [3.05, 3.63) is 59.5 Å². The second kappa shape index (κ2) is 6.31. The second-order valence-corrected chi connectivity index (χ2v) is 6.02. The molecule has 3 N–H and O–H groups in total. The molecule has 24 heavy (non-hydrogen) atoms. The first-order chi connectivity index (χ1) is 11.8. The number of fused-ring (bicyclic) bond motifs is 2. The SMILES string of the molecule is NC(=NCCc1nnc2ccccn12)Nc1ccc2c(c1)CCC2. The molecular formula is C18H20N6. The minimum atomic E-state index is 0.432. The molecule has 122 valence electrons. The van der Waals surface area contributed by atoms with Crippen LogP contribution in [0.25, 0.3) is 5.65 Å². The quantitative estimate of drug-likeness (QED) is 0.570. The average molecular weight is 320 g/mol. The Morgan fingerprint density at radius 2 is 2.08 bits per heavy atom. The number of benzene rings is 1. The number of nitrogens with two attached hydrogens (primary N) is 1. The van der Waals surface area contributed by atoms with Crippen molar-refractivity contribution in [1.29, 1.82) is 0 Å². The molecule has 0 amide bonds. The van der Waals surface area contributed by atoms with E-state index in [0.29, 0.717) is 18.9 Å². The first-order valence-corrected chi connectivity index (χ1v) is 8.27. The topological polar surface area (TPSA) is 80.6 Å². The van der Waals surface area contributed by atoms with E-state index < -0.39 is 0 Å². The van der Waals surface area contributed by atoms with Gasteiger partial charge >= 0.3 is 0 Å². The lowest BCUT2D eigenvalue weighted by molar-refractivity contribution is 0.847. The highest BCUT2D eigenvalue weighted by atomic mass is 15.2. The molecular weight excluding hydrogens is 300 g/mol. The van der Waals surface area contributed by atoms with E-state index in [2.05, 4.69) is 38.7 Å². The lowest BCUT2D eigenvalue weighted by Crippen LogP contribution is -2.23. The van der Waals surface area contributed by atoms with E-state index in [1.54, 1.807) is 0 Å². The Labute approximate surface area is 140 Å². The molecule has 0 spiro atoms. The van der Waals surface area contributed by atoms with Crippen molar-refractivity contribution in [2.75, 3.05) is 11.9 Å². The van der Waals surface area contributed by atoms with Gasteiger partial charge in [0.25, 0.3) is 0 Å². The first kappa shape index (κ1) is 14.7. The molecule has 6 nitrogen and oxygen atoms in total. The molecule has 1 aliphatic carbocycles. The number of pyridine rings is 1. The monoisotopic (exact) mass is 320 g/mol. The van der Waals surface area contributed by atoms with E-state index >= 15 is 0 Å². The number of aliphatic imine (C=N–C) groups is 1. The minimum Gasteiger partial charge on any atom is -0.370 e. The second-order valence-electron chi connectivity index (χ2n) is 6.02. The van der Waals surface area contributed by atoms with Gasteiger partial charge in [-0.3, -0.25) is 9.39 Å². The zero-order valence-electron chi connectivity index (χ0n) is 13.4. The first-order valence-electron chi connectivity index (χ1n) is 8.27. The van der Waals surface area contributed by atoms with Gasteiger partial charge in [0, 0.05) is 24.8 Å². The van der Waals surface area contributed by atoms with Crippen molar-refractivity contribution >= 4 is 17.3 Å². The fraction of sp³-hybridized carbons (Fsp3) is 0.278. The van der Waals surface area contributed by atoms with Crippen LogP contribution in [-0.2, 0) is 19.3 Å². The summed E-state index contributed by atoms with van der Waals surface area (Å²) in [5.41, 5.74) is 10.7. The van der Waals surface area contributed by atoms with Crippen LogP contribution in [0.5, 0.6) is 0 Å². The van der Waals surface area contributed by atoms with Crippen molar-refractivity contribution in [1.82, 2.24) is 14.6 Å². The maximum atomic E-state index is 6.00. The van der Waals surface area contributed by atoms with E-state index in [4.69, 9.17) is 5.73 Å². The maximum absolute atomic E-state index is 6.00. The molecule has 0 radical (unpaired) electrons. The van der Waals surface area contributed by atoms with Crippen LogP contribution in [-0.4, -0.2) is 27.1 Å². The number of hydrogen-bond acceptors (Lipinski definition) is 3. The Hall–Kier alpha value is -2.89. The zero-order chi connectivity index (χ0) is 16.4. The zero-order valence-corrected chi connectivity index (χ0v) is 13.4. The summed E-state index contributed by atoms with van der Waals surface area (Å²) >= 11 is 0. The minimum absolute atomic E-state index is 0.432. The molecule has 2 heterocycles. The van der Waals surface area contributed by atoms with Crippen molar-refractivity contribution in [3.8, 4) is 0 Å². The van der Waals surface area contributed by atoms with E-state index in [-0.39, 0.29) is 0 Å². The number of hydrogen-bond donors (Lipinski definition) is 2. The third-order valence-corrected chi connectivity index (χ3v) is 4.37. The number of aryl methyl sites for hydroxylation is 2. The highest BCUT2D eigenvalue weighted by Gasteiger charge is 2.11. The standard InChI is InChI=1S/C18H20N6/c19-18(21-15-8-7-13-4-3-5-14(13)12-15)20-10-9-17-23-22-16-6-1-2-11-24(16)17/h1-2,6-8,11-12H,3-5,9-10H2,(H3,19,20,21). The molecule has 4 rings (SSSR count). The molecule has 1 aliphatic rings. The predicted octanol–water partition coefficient (Wildman–Crippen LogP) is 2.19. The average Bonchev–Trinajstić information content (AvgIpc) is 3.21. The van der Waals surface area contributed by atoms with E-state index in [0.717, 1.165) is 23.6 Å². The molecule has 6 heteroatoms. The summed E-state index contributed by atoms with van der Waals surface area (Å²) in [5.74, 6) is 1.32. The van der Waals surface area contributed by atoms with Gasteiger partial charge in [-0.15, -0.1) is 10.2 Å². The number of rotatable bonds is 4. The lowest BCUT2D eigenvalue weighted by atomic mass is 10.1. The van der Waals surface area contributed by atoms with Crippen LogP contribution in [0.15, 0.2) is 47.6 Å². The predicted molar refractivity (Wildman–Crippen MR) is 95.3 cm³/mol. The maximum Gasteiger partial charge on any atom is 0.193 e. The molecule has 0 atom stereocenters. The summed E-state index contributed by atoms with van der Waals surface area (Å²) in [6, 6.07) is 12.3. The van der Waals surface area contributed by atoms with Crippen molar-refractivity contribution < 1.29 is 0 Å². The molecule has 0 aliphatic heterocycles. The smallest absolute Gasteiger partial charge is 0.193 e. The van der Waals surface area contributed by atoms with Crippen LogP contribution in [0.3, 0.4) is 0 Å². The van der Waals surface area contributed by atoms with E-state index in [1.807, 2.05) is 28.8 Å². The summed E-state index contributed by atoms with van der Waals surface area (Å²) in [6.45, 7) is 0.569. The summed E-state index contributed by atoms with van der Waals surface area (Å²) in [5, 5.41) is 11.5. The number of anilines is 1. The summed E-state index contributed by atoms with van der Waals surface area (Å²) in [7, 11) is 0. The Balaban J connectivity index is 1.39. The van der Waals surface area contributed by atoms with E-state index in [9.17, 15) is 0 Å². The van der Waals surface area contributed by atoms with Gasteiger partial charge in [-0.1, -0.05) is 12.1 Å². The van der Waals surface area contributed by atoms with Crippen LogP contribution in [0.1, 0.15) is 23.4 Å². The highest BCUT2D eigenvalue weighted by Crippen LogP contribution is 2.24. The highest BCUT2D eigenvalue weighted by molar-refractivity contribution is 5.92. The molecule has 0 saturated heterocycles. The van der Waals surface area contributed by atoms with Crippen LogP contribution in [0.4, 0.5) is 5.69 Å². The van der Waals surface area contributed by atoms with Gasteiger partial charge in [-0.25, -0.2) is 0 Å². The molecule has 0 fully saturated rings. The third-order valence-electron chi connectivity index (χ3n) is 4.37. The number of nitrogens with one attached hydrogen (secondary N) is 1. The Morgan fingerprint density at radius 1 is 1.17 bits per heavy atom. The van der Waals surface area contributed by atoms with Crippen LogP contribution < -0.4 is 11.1 Å². The van der Waals surface area contributed by atoms with Gasteiger partial charge in [0.1, 0.15) is 5.82 Å². The molecule has 0 saturated carbocycles. The number of nitrogens with zero attached hydrogens (tertiary/aromatic N) is 4. The van der Waals surface area contributed by atoms with Crippen molar-refractivity contribution in [2.45, 2.75) is 25.7 Å². The molecule has 3 aromatic rings. The molecule has 1 aromatic carbocycles. The summed E-state index contributed by atoms with van der Waals surface area (Å²) in [4.78, 5) is 4.40. The van der Waals surface area contributed by atoms with Crippen molar-refractivity contribution in [2.24, 2.45) is 10.7 Å².